The van der Waals surface area contributed by atoms with E-state index in [0.29, 0.717) is 18.7 Å². The summed E-state index contributed by atoms with van der Waals surface area (Å²) in [5.74, 6) is -0.243. The Hall–Kier alpha value is -2.21. The molecule has 20 heavy (non-hydrogen) atoms. The van der Waals surface area contributed by atoms with E-state index < -0.39 is 4.92 Å². The first-order chi connectivity index (χ1) is 9.56. The third-order valence-electron chi connectivity index (χ3n) is 3.22. The lowest BCUT2D eigenvalue weighted by atomic mass is 10.2. The molecule has 0 bridgehead atoms. The van der Waals surface area contributed by atoms with Crippen molar-refractivity contribution in [3.63, 3.8) is 0 Å². The summed E-state index contributed by atoms with van der Waals surface area (Å²) in [5.41, 5.74) is 1.39. The molecule has 7 heteroatoms. The number of fused-ring (bicyclic) bond motifs is 1. The average molecular weight is 294 g/mol. The first kappa shape index (κ1) is 12.8. The predicted octanol–water partition coefficient (Wildman–Crippen LogP) is 3.48. The summed E-state index contributed by atoms with van der Waals surface area (Å²) < 4.78 is 13.4. The molecule has 5 nitrogen and oxygen atoms in total. The minimum Gasteiger partial charge on any atom is -0.320 e. The molecule has 0 radical (unpaired) electrons. The number of pyridine rings is 1. The lowest BCUT2D eigenvalue weighted by molar-refractivity contribution is -0.384. The van der Waals surface area contributed by atoms with Gasteiger partial charge in [-0.15, -0.1) is 0 Å². The first-order valence-electron chi connectivity index (χ1n) is 5.93. The van der Waals surface area contributed by atoms with Crippen molar-refractivity contribution in [2.45, 2.75) is 6.42 Å². The molecular weight excluding hydrogens is 285 g/mol. The van der Waals surface area contributed by atoms with Crippen LogP contribution in [0.1, 0.15) is 5.56 Å². The Morgan fingerprint density at radius 1 is 1.35 bits per heavy atom. The van der Waals surface area contributed by atoms with E-state index in [1.807, 2.05) is 0 Å². The van der Waals surface area contributed by atoms with E-state index in [9.17, 15) is 14.5 Å². The number of benzene rings is 1. The van der Waals surface area contributed by atoms with Gasteiger partial charge in [-0.2, -0.15) is 0 Å². The van der Waals surface area contributed by atoms with Crippen molar-refractivity contribution in [2.75, 3.05) is 11.4 Å². The summed E-state index contributed by atoms with van der Waals surface area (Å²) in [7, 11) is 0. The van der Waals surface area contributed by atoms with Crippen molar-refractivity contribution >= 4 is 28.8 Å². The zero-order valence-corrected chi connectivity index (χ0v) is 11.0. The standard InChI is InChI=1S/C13H9ClFN3O2/c14-12-4-3-10(18(19)20)13(16-12)17-6-5-8-1-2-9(15)7-11(8)17/h1-4,7H,5-6H2. The largest absolute Gasteiger partial charge is 0.320 e. The molecule has 2 aromatic rings. The van der Waals surface area contributed by atoms with E-state index >= 15 is 0 Å². The van der Waals surface area contributed by atoms with E-state index in [0.717, 1.165) is 5.56 Å². The minimum absolute atomic E-state index is 0.145. The predicted molar refractivity (Wildman–Crippen MR) is 73.0 cm³/mol. The number of aromatic nitrogens is 1. The topological polar surface area (TPSA) is 59.3 Å². The second kappa shape index (κ2) is 4.72. The highest BCUT2D eigenvalue weighted by atomic mass is 35.5. The summed E-state index contributed by atoms with van der Waals surface area (Å²) in [6, 6.07) is 7.09. The van der Waals surface area contributed by atoms with Crippen molar-refractivity contribution in [3.05, 3.63) is 57.0 Å². The Morgan fingerprint density at radius 3 is 2.90 bits per heavy atom. The highest BCUT2D eigenvalue weighted by molar-refractivity contribution is 6.29. The molecule has 2 heterocycles. The average Bonchev–Trinajstić information content (AvgIpc) is 2.81. The molecule has 1 aromatic carbocycles. The Kier molecular flexibility index (Phi) is 3.02. The fraction of sp³-hybridized carbons (Fsp3) is 0.154. The van der Waals surface area contributed by atoms with Crippen LogP contribution in [0.2, 0.25) is 5.15 Å². The molecule has 3 rings (SSSR count). The fourth-order valence-corrected chi connectivity index (χ4v) is 2.47. The molecule has 0 saturated carbocycles. The van der Waals surface area contributed by atoms with Crippen LogP contribution >= 0.6 is 11.6 Å². The van der Waals surface area contributed by atoms with Crippen LogP contribution < -0.4 is 4.90 Å². The maximum Gasteiger partial charge on any atom is 0.312 e. The number of halogens is 2. The zero-order valence-electron chi connectivity index (χ0n) is 10.2. The fourth-order valence-electron chi connectivity index (χ4n) is 2.33. The van der Waals surface area contributed by atoms with Crippen molar-refractivity contribution in [1.29, 1.82) is 0 Å². The maximum absolute atomic E-state index is 13.4. The second-order valence-corrected chi connectivity index (χ2v) is 4.80. The molecule has 0 atom stereocenters. The Balaban J connectivity index is 2.14. The number of hydrogen-bond donors (Lipinski definition) is 0. The molecule has 0 amide bonds. The van der Waals surface area contributed by atoms with E-state index in [1.54, 1.807) is 11.0 Å². The first-order valence-corrected chi connectivity index (χ1v) is 6.31. The highest BCUT2D eigenvalue weighted by Crippen LogP contribution is 2.38. The number of rotatable bonds is 2. The second-order valence-electron chi connectivity index (χ2n) is 4.41. The van der Waals surface area contributed by atoms with Crippen LogP contribution in [0.15, 0.2) is 30.3 Å². The lowest BCUT2D eigenvalue weighted by Crippen LogP contribution is -2.16. The quantitative estimate of drug-likeness (QED) is 0.483. The van der Waals surface area contributed by atoms with E-state index in [4.69, 9.17) is 11.6 Å². The summed E-state index contributed by atoms with van der Waals surface area (Å²) in [6.45, 7) is 0.507. The third-order valence-corrected chi connectivity index (χ3v) is 3.43. The van der Waals surface area contributed by atoms with Crippen LogP contribution in [0.4, 0.5) is 21.6 Å². The van der Waals surface area contributed by atoms with Crippen LogP contribution in [0.25, 0.3) is 0 Å². The SMILES string of the molecule is O=[N+]([O-])c1ccc(Cl)nc1N1CCc2ccc(F)cc21. The number of anilines is 2. The van der Waals surface area contributed by atoms with Crippen LogP contribution in [0.3, 0.4) is 0 Å². The van der Waals surface area contributed by atoms with E-state index in [1.165, 1.54) is 24.3 Å². The Bertz CT molecular complexity index is 708. The summed E-state index contributed by atoms with van der Waals surface area (Å²) in [5, 5.41) is 11.3. The highest BCUT2D eigenvalue weighted by Gasteiger charge is 2.28. The number of nitro groups is 1. The van der Waals surface area contributed by atoms with Crippen molar-refractivity contribution in [1.82, 2.24) is 4.98 Å². The lowest BCUT2D eigenvalue weighted by Gasteiger charge is -2.18. The van der Waals surface area contributed by atoms with Gasteiger partial charge >= 0.3 is 5.69 Å². The van der Waals surface area contributed by atoms with Gasteiger partial charge < -0.3 is 4.90 Å². The van der Waals surface area contributed by atoms with Crippen LogP contribution in [0, 0.1) is 15.9 Å². The van der Waals surface area contributed by atoms with Crippen LogP contribution in [-0.4, -0.2) is 16.5 Å². The number of nitrogens with zero attached hydrogens (tertiary/aromatic N) is 3. The Morgan fingerprint density at radius 2 is 2.15 bits per heavy atom. The molecule has 102 valence electrons. The van der Waals surface area contributed by atoms with E-state index in [-0.39, 0.29) is 22.5 Å². The van der Waals surface area contributed by atoms with Crippen molar-refractivity contribution in [3.8, 4) is 0 Å². The molecule has 0 saturated heterocycles. The van der Waals surface area contributed by atoms with Gasteiger partial charge in [-0.3, -0.25) is 10.1 Å². The molecule has 1 aliphatic rings. The van der Waals surface area contributed by atoms with Gasteiger partial charge in [-0.1, -0.05) is 17.7 Å². The van der Waals surface area contributed by atoms with Gasteiger partial charge in [0.15, 0.2) is 0 Å². The van der Waals surface area contributed by atoms with Crippen molar-refractivity contribution < 1.29 is 9.31 Å². The molecule has 1 aromatic heterocycles. The monoisotopic (exact) mass is 293 g/mol. The van der Waals surface area contributed by atoms with Gasteiger partial charge in [0, 0.05) is 18.3 Å². The number of hydrogen-bond acceptors (Lipinski definition) is 4. The molecule has 0 spiro atoms. The van der Waals surface area contributed by atoms with Gasteiger partial charge in [0.25, 0.3) is 0 Å². The van der Waals surface area contributed by atoms with Crippen LogP contribution in [-0.2, 0) is 6.42 Å². The van der Waals surface area contributed by atoms with Crippen LogP contribution in [0.5, 0.6) is 0 Å². The molecule has 0 fully saturated rings. The summed E-state index contributed by atoms with van der Waals surface area (Å²) >= 11 is 5.82. The van der Waals surface area contributed by atoms with Gasteiger partial charge in [0.05, 0.1) is 4.92 Å². The molecular formula is C13H9ClFN3O2. The Labute approximate surface area is 118 Å². The normalized spacial score (nSPS) is 13.4. The maximum atomic E-state index is 13.4. The molecule has 0 aliphatic carbocycles. The van der Waals surface area contributed by atoms with Gasteiger partial charge in [0.2, 0.25) is 5.82 Å². The summed E-state index contributed by atoms with van der Waals surface area (Å²) in [4.78, 5) is 16.2. The van der Waals surface area contributed by atoms with Gasteiger partial charge in [-0.05, 0) is 30.2 Å². The van der Waals surface area contributed by atoms with Gasteiger partial charge in [-0.25, -0.2) is 9.37 Å². The van der Waals surface area contributed by atoms with Crippen molar-refractivity contribution in [2.24, 2.45) is 0 Å². The van der Waals surface area contributed by atoms with Gasteiger partial charge in [0.1, 0.15) is 11.0 Å². The minimum atomic E-state index is -0.518. The molecule has 1 aliphatic heterocycles. The summed E-state index contributed by atoms with van der Waals surface area (Å²) in [6.07, 6.45) is 0.682. The zero-order chi connectivity index (χ0) is 14.3. The smallest absolute Gasteiger partial charge is 0.312 e. The third kappa shape index (κ3) is 2.08. The molecule has 0 unspecified atom stereocenters. The molecule has 0 N–H and O–H groups in total. The van der Waals surface area contributed by atoms with E-state index in [2.05, 4.69) is 4.98 Å².